The summed E-state index contributed by atoms with van der Waals surface area (Å²) in [7, 11) is 0. The standard InChI is InChI=1S/C25H32N2O3/c1-3-30-23-11-9-21(10-12-23)24(28)13-14-25(29)27-16-6-15-26(17-18-27)19-22-8-5-4-7-20(22)2/h4-5,7-12H,3,6,13-19H2,1-2H3. The Morgan fingerprint density at radius 3 is 2.43 bits per heavy atom. The van der Waals surface area contributed by atoms with Crippen molar-refractivity contribution in [1.29, 1.82) is 0 Å². The molecule has 1 aliphatic heterocycles. The number of carbonyl (C=O) groups is 2. The Bertz CT molecular complexity index is 848. The van der Waals surface area contributed by atoms with Gasteiger partial charge in [0.25, 0.3) is 0 Å². The molecular formula is C25H32N2O3. The average Bonchev–Trinajstić information content (AvgIpc) is 3.00. The first-order valence-corrected chi connectivity index (χ1v) is 10.9. The number of hydrogen-bond donors (Lipinski definition) is 0. The number of hydrogen-bond acceptors (Lipinski definition) is 4. The number of ketones is 1. The summed E-state index contributed by atoms with van der Waals surface area (Å²) in [5.41, 5.74) is 3.28. The molecule has 5 nitrogen and oxygen atoms in total. The number of Topliss-reactive ketones (excluding diaryl/α,β-unsaturated/α-hetero) is 1. The second-order valence-electron chi connectivity index (χ2n) is 7.82. The fraction of sp³-hybridized carbons (Fsp3) is 0.440. The van der Waals surface area contributed by atoms with E-state index in [4.69, 9.17) is 4.74 Å². The van der Waals surface area contributed by atoms with Crippen LogP contribution in [0.3, 0.4) is 0 Å². The molecule has 0 radical (unpaired) electrons. The highest BCUT2D eigenvalue weighted by atomic mass is 16.5. The van der Waals surface area contributed by atoms with E-state index in [9.17, 15) is 9.59 Å². The predicted molar refractivity (Wildman–Crippen MR) is 119 cm³/mol. The summed E-state index contributed by atoms with van der Waals surface area (Å²) in [6.07, 6.45) is 1.48. The molecule has 2 aromatic rings. The Balaban J connectivity index is 1.46. The summed E-state index contributed by atoms with van der Waals surface area (Å²) in [5.74, 6) is 0.833. The maximum atomic E-state index is 12.7. The lowest BCUT2D eigenvalue weighted by molar-refractivity contribution is -0.131. The number of aryl methyl sites for hydroxylation is 1. The van der Waals surface area contributed by atoms with Crippen LogP contribution in [-0.4, -0.2) is 54.3 Å². The van der Waals surface area contributed by atoms with Crippen LogP contribution in [0.15, 0.2) is 48.5 Å². The van der Waals surface area contributed by atoms with E-state index in [0.717, 1.165) is 44.9 Å². The Kier molecular flexibility index (Phi) is 8.03. The summed E-state index contributed by atoms with van der Waals surface area (Å²) in [6.45, 7) is 8.93. The second kappa shape index (κ2) is 10.9. The van der Waals surface area contributed by atoms with Gasteiger partial charge in [-0.25, -0.2) is 0 Å². The maximum absolute atomic E-state index is 12.7. The zero-order chi connectivity index (χ0) is 21.3. The van der Waals surface area contributed by atoms with Gasteiger partial charge in [-0.05, 0) is 55.7 Å². The smallest absolute Gasteiger partial charge is 0.223 e. The topological polar surface area (TPSA) is 49.9 Å². The Morgan fingerprint density at radius 1 is 0.933 bits per heavy atom. The third kappa shape index (κ3) is 6.17. The quantitative estimate of drug-likeness (QED) is 0.618. The number of ether oxygens (including phenoxy) is 1. The van der Waals surface area contributed by atoms with E-state index in [1.165, 1.54) is 11.1 Å². The van der Waals surface area contributed by atoms with E-state index in [2.05, 4.69) is 36.1 Å². The molecule has 1 heterocycles. The molecule has 0 saturated carbocycles. The lowest BCUT2D eigenvalue weighted by atomic mass is 10.1. The van der Waals surface area contributed by atoms with Crippen molar-refractivity contribution in [2.45, 2.75) is 39.7 Å². The average molecular weight is 409 g/mol. The molecule has 2 aromatic carbocycles. The first-order valence-electron chi connectivity index (χ1n) is 10.9. The van der Waals surface area contributed by atoms with Crippen molar-refractivity contribution < 1.29 is 14.3 Å². The fourth-order valence-corrected chi connectivity index (χ4v) is 3.83. The number of benzene rings is 2. The largest absolute Gasteiger partial charge is 0.494 e. The van der Waals surface area contributed by atoms with Crippen LogP contribution in [0.4, 0.5) is 0 Å². The van der Waals surface area contributed by atoms with Gasteiger partial charge in [0, 0.05) is 51.1 Å². The van der Waals surface area contributed by atoms with Crippen LogP contribution >= 0.6 is 0 Å². The molecule has 160 valence electrons. The molecule has 30 heavy (non-hydrogen) atoms. The fourth-order valence-electron chi connectivity index (χ4n) is 3.83. The van der Waals surface area contributed by atoms with Crippen molar-refractivity contribution in [3.63, 3.8) is 0 Å². The highest BCUT2D eigenvalue weighted by molar-refractivity contribution is 5.98. The van der Waals surface area contributed by atoms with Gasteiger partial charge in [0.15, 0.2) is 5.78 Å². The van der Waals surface area contributed by atoms with Gasteiger partial charge >= 0.3 is 0 Å². The predicted octanol–water partition coefficient (Wildman–Crippen LogP) is 4.09. The van der Waals surface area contributed by atoms with E-state index in [0.29, 0.717) is 12.2 Å². The second-order valence-corrected chi connectivity index (χ2v) is 7.82. The minimum atomic E-state index is 0.00222. The third-order valence-corrected chi connectivity index (χ3v) is 5.65. The zero-order valence-electron chi connectivity index (χ0n) is 18.1. The van der Waals surface area contributed by atoms with Crippen LogP contribution in [0.5, 0.6) is 5.75 Å². The molecule has 0 unspecified atom stereocenters. The monoisotopic (exact) mass is 408 g/mol. The van der Waals surface area contributed by atoms with Crippen LogP contribution in [0, 0.1) is 6.92 Å². The summed E-state index contributed by atoms with van der Waals surface area (Å²) in [6, 6.07) is 15.6. The van der Waals surface area contributed by atoms with Gasteiger partial charge in [0.2, 0.25) is 5.91 Å². The van der Waals surface area contributed by atoms with Gasteiger partial charge in [0.05, 0.1) is 6.61 Å². The molecule has 1 fully saturated rings. The minimum absolute atomic E-state index is 0.00222. The molecular weight excluding hydrogens is 376 g/mol. The van der Waals surface area contributed by atoms with Gasteiger partial charge < -0.3 is 9.64 Å². The Morgan fingerprint density at radius 2 is 1.70 bits per heavy atom. The molecule has 5 heteroatoms. The third-order valence-electron chi connectivity index (χ3n) is 5.65. The van der Waals surface area contributed by atoms with Crippen molar-refractivity contribution >= 4 is 11.7 Å². The highest BCUT2D eigenvalue weighted by Crippen LogP contribution is 2.16. The molecule has 1 saturated heterocycles. The summed E-state index contributed by atoms with van der Waals surface area (Å²) in [5, 5.41) is 0. The number of amides is 1. The van der Waals surface area contributed by atoms with Crippen LogP contribution in [0.2, 0.25) is 0 Å². The Hall–Kier alpha value is -2.66. The molecule has 3 rings (SSSR count). The lowest BCUT2D eigenvalue weighted by Gasteiger charge is -2.22. The van der Waals surface area contributed by atoms with Gasteiger partial charge in [-0.2, -0.15) is 0 Å². The van der Waals surface area contributed by atoms with Gasteiger partial charge in [-0.3, -0.25) is 14.5 Å². The summed E-state index contributed by atoms with van der Waals surface area (Å²) < 4.78 is 5.41. The van der Waals surface area contributed by atoms with Crippen molar-refractivity contribution in [3.8, 4) is 5.75 Å². The van der Waals surface area contributed by atoms with Crippen molar-refractivity contribution in [1.82, 2.24) is 9.80 Å². The van der Waals surface area contributed by atoms with Crippen molar-refractivity contribution in [2.24, 2.45) is 0 Å². The molecule has 0 bridgehead atoms. The summed E-state index contributed by atoms with van der Waals surface area (Å²) >= 11 is 0. The van der Waals surface area contributed by atoms with E-state index < -0.39 is 0 Å². The van der Waals surface area contributed by atoms with E-state index in [-0.39, 0.29) is 24.5 Å². The van der Waals surface area contributed by atoms with E-state index >= 15 is 0 Å². The zero-order valence-corrected chi connectivity index (χ0v) is 18.1. The van der Waals surface area contributed by atoms with Gasteiger partial charge in [-0.1, -0.05) is 24.3 Å². The van der Waals surface area contributed by atoms with Crippen LogP contribution in [0.1, 0.15) is 47.7 Å². The molecule has 0 aromatic heterocycles. The number of carbonyl (C=O) groups excluding carboxylic acids is 2. The van der Waals surface area contributed by atoms with Crippen molar-refractivity contribution in [2.75, 3.05) is 32.8 Å². The van der Waals surface area contributed by atoms with E-state index in [1.807, 2.05) is 11.8 Å². The van der Waals surface area contributed by atoms with Gasteiger partial charge in [0.1, 0.15) is 5.75 Å². The maximum Gasteiger partial charge on any atom is 0.223 e. The van der Waals surface area contributed by atoms with E-state index in [1.54, 1.807) is 24.3 Å². The molecule has 1 amide bonds. The highest BCUT2D eigenvalue weighted by Gasteiger charge is 2.20. The van der Waals surface area contributed by atoms with Crippen LogP contribution < -0.4 is 4.74 Å². The minimum Gasteiger partial charge on any atom is -0.494 e. The molecule has 0 aliphatic carbocycles. The van der Waals surface area contributed by atoms with Crippen LogP contribution in [0.25, 0.3) is 0 Å². The van der Waals surface area contributed by atoms with Crippen LogP contribution in [-0.2, 0) is 11.3 Å². The van der Waals surface area contributed by atoms with Crippen molar-refractivity contribution in [3.05, 3.63) is 65.2 Å². The SMILES string of the molecule is CCOc1ccc(C(=O)CCC(=O)N2CCCN(Cc3ccccc3C)CC2)cc1. The normalized spacial score (nSPS) is 14.9. The Labute approximate surface area is 179 Å². The number of nitrogens with zero attached hydrogens (tertiary/aromatic N) is 2. The molecule has 0 N–H and O–H groups in total. The molecule has 1 aliphatic rings. The van der Waals surface area contributed by atoms with Gasteiger partial charge in [-0.15, -0.1) is 0 Å². The first-order chi connectivity index (χ1) is 14.6. The lowest BCUT2D eigenvalue weighted by Crippen LogP contribution is -2.35. The summed E-state index contributed by atoms with van der Waals surface area (Å²) in [4.78, 5) is 29.5. The first kappa shape index (κ1) is 22.0. The molecule has 0 atom stereocenters. The number of rotatable bonds is 8. The molecule has 0 spiro atoms.